The molecule has 0 radical (unpaired) electrons. The fourth-order valence-electron chi connectivity index (χ4n) is 1.50. The minimum Gasteiger partial charge on any atom is -0.370 e. The number of nitrogens with two attached hydrogens (primary N) is 2. The highest BCUT2D eigenvalue weighted by atomic mass is 16.2. The third kappa shape index (κ3) is 2.70. The molecule has 14 heavy (non-hydrogen) atoms. The summed E-state index contributed by atoms with van der Waals surface area (Å²) in [5.74, 6) is -0.688. The lowest BCUT2D eigenvalue weighted by atomic mass is 10.2. The molecule has 1 aliphatic rings. The largest absolute Gasteiger partial charge is 0.370 e. The van der Waals surface area contributed by atoms with Crippen LogP contribution in [0.1, 0.15) is 26.2 Å². The Hall–Kier alpha value is -1.10. The average Bonchev–Trinajstić information content (AvgIpc) is 2.88. The van der Waals surface area contributed by atoms with Crippen LogP contribution < -0.4 is 11.5 Å². The molecule has 5 nitrogen and oxygen atoms in total. The highest BCUT2D eigenvalue weighted by Gasteiger charge is 2.33. The van der Waals surface area contributed by atoms with Crippen LogP contribution >= 0.6 is 0 Å². The molecule has 1 unspecified atom stereocenters. The summed E-state index contributed by atoms with van der Waals surface area (Å²) in [6.45, 7) is 2.56. The van der Waals surface area contributed by atoms with E-state index in [1.165, 1.54) is 0 Å². The van der Waals surface area contributed by atoms with Gasteiger partial charge in [0.05, 0.1) is 12.5 Å². The molecule has 0 aliphatic heterocycles. The molecule has 1 atom stereocenters. The first-order valence-corrected chi connectivity index (χ1v) is 4.90. The number of carbonyl (C=O) groups is 2. The van der Waals surface area contributed by atoms with Gasteiger partial charge in [-0.1, -0.05) is 0 Å². The lowest BCUT2D eigenvalue weighted by Crippen LogP contribution is -2.46. The molecule has 0 bridgehead atoms. The molecular weight excluding hydrogens is 182 g/mol. The predicted octanol–water partition coefficient (Wildman–Crippen LogP) is -0.800. The number of rotatable bonds is 5. The van der Waals surface area contributed by atoms with Gasteiger partial charge in [0.15, 0.2) is 0 Å². The second-order valence-electron chi connectivity index (χ2n) is 3.63. The first kappa shape index (κ1) is 11.0. The third-order valence-electron chi connectivity index (χ3n) is 2.35. The van der Waals surface area contributed by atoms with Gasteiger partial charge >= 0.3 is 0 Å². The number of nitrogens with zero attached hydrogens (tertiary/aromatic N) is 1. The number of primary amides is 1. The van der Waals surface area contributed by atoms with Crippen molar-refractivity contribution in [2.75, 3.05) is 6.54 Å². The van der Waals surface area contributed by atoms with Gasteiger partial charge in [-0.25, -0.2) is 0 Å². The third-order valence-corrected chi connectivity index (χ3v) is 2.35. The Bertz CT molecular complexity index is 238. The van der Waals surface area contributed by atoms with Crippen molar-refractivity contribution in [2.24, 2.45) is 11.5 Å². The lowest BCUT2D eigenvalue weighted by molar-refractivity contribution is -0.135. The lowest BCUT2D eigenvalue weighted by Gasteiger charge is -2.23. The van der Waals surface area contributed by atoms with E-state index in [2.05, 4.69) is 0 Å². The summed E-state index contributed by atoms with van der Waals surface area (Å²) in [6.07, 6.45) is 2.02. The summed E-state index contributed by atoms with van der Waals surface area (Å²) in [6, 6.07) is -0.431. The molecule has 1 rings (SSSR count). The van der Waals surface area contributed by atoms with Crippen molar-refractivity contribution < 1.29 is 9.59 Å². The summed E-state index contributed by atoms with van der Waals surface area (Å²) >= 11 is 0. The van der Waals surface area contributed by atoms with Crippen molar-refractivity contribution in [2.45, 2.75) is 38.3 Å². The van der Waals surface area contributed by atoms with Crippen LogP contribution in [0.5, 0.6) is 0 Å². The van der Waals surface area contributed by atoms with Crippen molar-refractivity contribution >= 4 is 11.8 Å². The van der Waals surface area contributed by atoms with E-state index in [0.29, 0.717) is 12.6 Å². The van der Waals surface area contributed by atoms with Gasteiger partial charge in [0, 0.05) is 12.6 Å². The summed E-state index contributed by atoms with van der Waals surface area (Å²) in [7, 11) is 0. The standard InChI is InChI=1S/C9H17N3O2/c1-2-12(6-3-4-6)9(14)7(10)5-8(11)13/h6-7H,2-5,10H2,1H3,(H2,11,13). The number of amides is 2. The molecule has 1 saturated carbocycles. The van der Waals surface area contributed by atoms with Crippen molar-refractivity contribution in [3.05, 3.63) is 0 Å². The maximum absolute atomic E-state index is 11.7. The predicted molar refractivity (Wildman–Crippen MR) is 52.2 cm³/mol. The first-order valence-electron chi connectivity index (χ1n) is 4.90. The van der Waals surface area contributed by atoms with Gasteiger partial charge in [-0.3, -0.25) is 9.59 Å². The fraction of sp³-hybridized carbons (Fsp3) is 0.778. The molecule has 80 valence electrons. The van der Waals surface area contributed by atoms with Crippen LogP contribution in [0.25, 0.3) is 0 Å². The fourth-order valence-corrected chi connectivity index (χ4v) is 1.50. The van der Waals surface area contributed by atoms with Gasteiger partial charge in [0.1, 0.15) is 0 Å². The topological polar surface area (TPSA) is 89.4 Å². The van der Waals surface area contributed by atoms with Crippen molar-refractivity contribution in [3.8, 4) is 0 Å². The van der Waals surface area contributed by atoms with Crippen molar-refractivity contribution in [1.29, 1.82) is 0 Å². The number of carbonyl (C=O) groups excluding carboxylic acids is 2. The Labute approximate surface area is 83.4 Å². The maximum atomic E-state index is 11.7. The molecule has 4 N–H and O–H groups in total. The Morgan fingerprint density at radius 3 is 2.43 bits per heavy atom. The Morgan fingerprint density at radius 1 is 1.50 bits per heavy atom. The Morgan fingerprint density at radius 2 is 2.07 bits per heavy atom. The average molecular weight is 199 g/mol. The summed E-state index contributed by atoms with van der Waals surface area (Å²) < 4.78 is 0. The molecule has 1 aliphatic carbocycles. The minimum atomic E-state index is -0.770. The molecule has 1 fully saturated rings. The smallest absolute Gasteiger partial charge is 0.240 e. The van der Waals surface area contributed by atoms with E-state index in [1.807, 2.05) is 6.92 Å². The van der Waals surface area contributed by atoms with E-state index in [4.69, 9.17) is 11.5 Å². The van der Waals surface area contributed by atoms with Crippen LogP contribution in [-0.2, 0) is 9.59 Å². The quantitative estimate of drug-likeness (QED) is 0.607. The zero-order chi connectivity index (χ0) is 10.7. The first-order chi connectivity index (χ1) is 6.56. The maximum Gasteiger partial charge on any atom is 0.240 e. The van der Waals surface area contributed by atoms with E-state index in [0.717, 1.165) is 12.8 Å². The Balaban J connectivity index is 2.48. The van der Waals surface area contributed by atoms with Crippen LogP contribution in [0, 0.1) is 0 Å². The molecular formula is C9H17N3O2. The molecule has 2 amide bonds. The molecule has 0 aromatic carbocycles. The van der Waals surface area contributed by atoms with Gasteiger partial charge in [0.25, 0.3) is 0 Å². The van der Waals surface area contributed by atoms with E-state index >= 15 is 0 Å². The zero-order valence-electron chi connectivity index (χ0n) is 8.40. The van der Waals surface area contributed by atoms with Crippen LogP contribution in [-0.4, -0.2) is 35.3 Å². The number of likely N-dealkylation sites (N-methyl/N-ethyl adjacent to an activating group) is 1. The van der Waals surface area contributed by atoms with E-state index in [9.17, 15) is 9.59 Å². The molecule has 0 aromatic rings. The van der Waals surface area contributed by atoms with Crippen LogP contribution in [0.4, 0.5) is 0 Å². The Kier molecular flexibility index (Phi) is 3.46. The second-order valence-corrected chi connectivity index (χ2v) is 3.63. The van der Waals surface area contributed by atoms with Crippen LogP contribution in [0.3, 0.4) is 0 Å². The molecule has 0 spiro atoms. The van der Waals surface area contributed by atoms with Crippen LogP contribution in [0.2, 0.25) is 0 Å². The molecule has 0 aromatic heterocycles. The summed E-state index contributed by atoms with van der Waals surface area (Å²) in [5.41, 5.74) is 10.5. The van der Waals surface area contributed by atoms with Crippen molar-refractivity contribution in [3.63, 3.8) is 0 Å². The van der Waals surface area contributed by atoms with Gasteiger partial charge in [-0.15, -0.1) is 0 Å². The molecule has 0 saturated heterocycles. The van der Waals surface area contributed by atoms with Gasteiger partial charge in [-0.2, -0.15) is 0 Å². The number of hydrogen-bond donors (Lipinski definition) is 2. The van der Waals surface area contributed by atoms with Gasteiger partial charge in [-0.05, 0) is 19.8 Å². The summed E-state index contributed by atoms with van der Waals surface area (Å²) in [4.78, 5) is 24.0. The zero-order valence-corrected chi connectivity index (χ0v) is 8.40. The number of hydrogen-bond acceptors (Lipinski definition) is 3. The van der Waals surface area contributed by atoms with Crippen LogP contribution in [0.15, 0.2) is 0 Å². The van der Waals surface area contributed by atoms with Gasteiger partial charge < -0.3 is 16.4 Å². The molecule has 5 heteroatoms. The minimum absolute atomic E-state index is 0.0674. The van der Waals surface area contributed by atoms with Gasteiger partial charge in [0.2, 0.25) is 11.8 Å². The normalized spacial score (nSPS) is 17.6. The molecule has 0 heterocycles. The van der Waals surface area contributed by atoms with E-state index < -0.39 is 11.9 Å². The SMILES string of the molecule is CCN(C(=O)C(N)CC(N)=O)C1CC1. The highest BCUT2D eigenvalue weighted by Crippen LogP contribution is 2.26. The monoisotopic (exact) mass is 199 g/mol. The highest BCUT2D eigenvalue weighted by molar-refractivity contribution is 5.87. The second kappa shape index (κ2) is 4.41. The van der Waals surface area contributed by atoms with E-state index in [-0.39, 0.29) is 12.3 Å². The summed E-state index contributed by atoms with van der Waals surface area (Å²) in [5, 5.41) is 0. The van der Waals surface area contributed by atoms with Crippen molar-refractivity contribution in [1.82, 2.24) is 4.90 Å². The van der Waals surface area contributed by atoms with E-state index in [1.54, 1.807) is 4.90 Å².